The Kier molecular flexibility index (Phi) is 9.41. The monoisotopic (exact) mass is 380 g/mol. The summed E-state index contributed by atoms with van der Waals surface area (Å²) in [5.74, 6) is 1.11. The van der Waals surface area contributed by atoms with Crippen LogP contribution in [0.1, 0.15) is 25.3 Å². The largest absolute Gasteiger partial charge is 0.493 e. The molecule has 0 spiro atoms. The van der Waals surface area contributed by atoms with Gasteiger partial charge in [0.15, 0.2) is 11.5 Å². The van der Waals surface area contributed by atoms with E-state index in [2.05, 4.69) is 21.2 Å². The molecule has 1 atom stereocenters. The molecule has 1 aromatic rings. The van der Waals surface area contributed by atoms with Crippen molar-refractivity contribution in [3.05, 3.63) is 22.2 Å². The van der Waals surface area contributed by atoms with Gasteiger partial charge in [0.1, 0.15) is 0 Å². The molecule has 0 heterocycles. The van der Waals surface area contributed by atoms with Crippen LogP contribution in [-0.2, 0) is 11.3 Å². The van der Waals surface area contributed by atoms with Crippen LogP contribution >= 0.6 is 28.3 Å². The van der Waals surface area contributed by atoms with Crippen LogP contribution < -0.4 is 20.5 Å². The first-order valence-corrected chi connectivity index (χ1v) is 7.26. The Balaban J connectivity index is 0.00000400. The number of rotatable bonds is 7. The summed E-state index contributed by atoms with van der Waals surface area (Å²) < 4.78 is 11.3. The van der Waals surface area contributed by atoms with E-state index >= 15 is 0 Å². The predicted molar refractivity (Wildman–Crippen MR) is 89.2 cm³/mol. The number of benzene rings is 1. The second kappa shape index (κ2) is 9.87. The summed E-state index contributed by atoms with van der Waals surface area (Å²) in [6.07, 6.45) is 1.56. The van der Waals surface area contributed by atoms with Gasteiger partial charge in [0.05, 0.1) is 20.3 Å². The second-order valence-electron chi connectivity index (χ2n) is 4.41. The number of carbonyl (C=O) groups excluding carboxylic acids is 1. The number of hydrogen-bond donors (Lipinski definition) is 2. The van der Waals surface area contributed by atoms with Crippen molar-refractivity contribution < 1.29 is 14.3 Å². The minimum atomic E-state index is -0.459. The van der Waals surface area contributed by atoms with Gasteiger partial charge in [-0.3, -0.25) is 4.79 Å². The number of ether oxygens (including phenoxy) is 2. The number of amides is 1. The van der Waals surface area contributed by atoms with Crippen molar-refractivity contribution in [2.45, 2.75) is 32.4 Å². The molecule has 0 saturated heterocycles. The molecule has 21 heavy (non-hydrogen) atoms. The van der Waals surface area contributed by atoms with Crippen molar-refractivity contribution in [2.75, 3.05) is 14.2 Å². The van der Waals surface area contributed by atoms with E-state index in [-0.39, 0.29) is 18.3 Å². The molecule has 7 heteroatoms. The summed E-state index contributed by atoms with van der Waals surface area (Å²) in [5, 5.41) is 2.82. The third-order valence-corrected chi connectivity index (χ3v) is 3.68. The summed E-state index contributed by atoms with van der Waals surface area (Å²) in [6.45, 7) is 2.38. The SMILES string of the molecule is CCCC(N)C(=O)NCc1cc(OC)c(OC)cc1Br.Cl. The topological polar surface area (TPSA) is 73.6 Å². The molecule has 0 saturated carbocycles. The third-order valence-electron chi connectivity index (χ3n) is 2.94. The fraction of sp³-hybridized carbons (Fsp3) is 0.500. The van der Waals surface area contributed by atoms with Gasteiger partial charge in [0, 0.05) is 11.0 Å². The molecule has 0 aliphatic carbocycles. The Morgan fingerprint density at radius 1 is 1.33 bits per heavy atom. The van der Waals surface area contributed by atoms with E-state index in [1.54, 1.807) is 14.2 Å². The van der Waals surface area contributed by atoms with Gasteiger partial charge in [-0.1, -0.05) is 29.3 Å². The number of carbonyl (C=O) groups is 1. The maximum absolute atomic E-state index is 11.8. The number of methoxy groups -OCH3 is 2. The van der Waals surface area contributed by atoms with Crippen molar-refractivity contribution in [3.8, 4) is 11.5 Å². The Hall–Kier alpha value is -0.980. The van der Waals surface area contributed by atoms with Crippen molar-refractivity contribution in [1.29, 1.82) is 0 Å². The zero-order valence-corrected chi connectivity index (χ0v) is 14.8. The van der Waals surface area contributed by atoms with Crippen molar-refractivity contribution >= 4 is 34.2 Å². The molecule has 5 nitrogen and oxygen atoms in total. The minimum Gasteiger partial charge on any atom is -0.493 e. The normalized spacial score (nSPS) is 11.3. The lowest BCUT2D eigenvalue weighted by atomic mass is 10.1. The van der Waals surface area contributed by atoms with Crippen LogP contribution in [0.15, 0.2) is 16.6 Å². The molecular weight excluding hydrogens is 360 g/mol. The quantitative estimate of drug-likeness (QED) is 0.761. The third kappa shape index (κ3) is 5.73. The minimum absolute atomic E-state index is 0. The van der Waals surface area contributed by atoms with E-state index in [0.717, 1.165) is 16.5 Å². The summed E-state index contributed by atoms with van der Waals surface area (Å²) >= 11 is 3.45. The Labute approximate surface area is 140 Å². The second-order valence-corrected chi connectivity index (χ2v) is 5.27. The van der Waals surface area contributed by atoms with Gasteiger partial charge in [-0.25, -0.2) is 0 Å². The van der Waals surface area contributed by atoms with Crippen LogP contribution in [0, 0.1) is 0 Å². The molecule has 1 aromatic carbocycles. The highest BCUT2D eigenvalue weighted by Gasteiger charge is 2.14. The lowest BCUT2D eigenvalue weighted by Gasteiger charge is -2.14. The highest BCUT2D eigenvalue weighted by atomic mass is 79.9. The van der Waals surface area contributed by atoms with Gasteiger partial charge in [-0.15, -0.1) is 12.4 Å². The van der Waals surface area contributed by atoms with Crippen LogP contribution in [0.5, 0.6) is 11.5 Å². The lowest BCUT2D eigenvalue weighted by molar-refractivity contribution is -0.122. The van der Waals surface area contributed by atoms with Crippen molar-refractivity contribution in [1.82, 2.24) is 5.32 Å². The van der Waals surface area contributed by atoms with Crippen LogP contribution in [0.2, 0.25) is 0 Å². The van der Waals surface area contributed by atoms with Gasteiger partial charge in [-0.2, -0.15) is 0 Å². The summed E-state index contributed by atoms with van der Waals surface area (Å²) in [6, 6.07) is 3.18. The molecular formula is C14H22BrClN2O3. The standard InChI is InChI=1S/C14H21BrN2O3.ClH/c1-4-5-11(16)14(18)17-8-9-6-12(19-2)13(20-3)7-10(9)15;/h6-7,11H,4-5,8,16H2,1-3H3,(H,17,18);1H. The molecule has 1 rings (SSSR count). The molecule has 3 N–H and O–H groups in total. The number of nitrogens with two attached hydrogens (primary N) is 1. The Morgan fingerprint density at radius 3 is 2.43 bits per heavy atom. The Bertz CT molecular complexity index is 472. The molecule has 0 fully saturated rings. The van der Waals surface area contributed by atoms with E-state index in [4.69, 9.17) is 15.2 Å². The van der Waals surface area contributed by atoms with Gasteiger partial charge < -0.3 is 20.5 Å². The fourth-order valence-electron chi connectivity index (χ4n) is 1.79. The average molecular weight is 382 g/mol. The van der Waals surface area contributed by atoms with E-state index in [1.807, 2.05) is 19.1 Å². The molecule has 0 aliphatic rings. The van der Waals surface area contributed by atoms with Crippen LogP contribution in [-0.4, -0.2) is 26.2 Å². The van der Waals surface area contributed by atoms with Crippen molar-refractivity contribution in [2.24, 2.45) is 5.73 Å². The number of halogens is 2. The molecule has 1 amide bonds. The zero-order valence-electron chi connectivity index (χ0n) is 12.4. The fourth-order valence-corrected chi connectivity index (χ4v) is 2.25. The molecule has 0 radical (unpaired) electrons. The Morgan fingerprint density at radius 2 is 1.90 bits per heavy atom. The molecule has 0 aliphatic heterocycles. The van der Waals surface area contributed by atoms with Crippen LogP contribution in [0.25, 0.3) is 0 Å². The zero-order chi connectivity index (χ0) is 15.1. The molecule has 120 valence electrons. The summed E-state index contributed by atoms with van der Waals surface area (Å²) in [4.78, 5) is 11.8. The van der Waals surface area contributed by atoms with E-state index in [1.165, 1.54) is 0 Å². The van der Waals surface area contributed by atoms with Gasteiger partial charge in [0.2, 0.25) is 5.91 Å². The summed E-state index contributed by atoms with van der Waals surface area (Å²) in [7, 11) is 3.15. The highest BCUT2D eigenvalue weighted by Crippen LogP contribution is 2.33. The first-order valence-electron chi connectivity index (χ1n) is 6.47. The first-order chi connectivity index (χ1) is 9.53. The maximum atomic E-state index is 11.8. The van der Waals surface area contributed by atoms with Crippen molar-refractivity contribution in [3.63, 3.8) is 0 Å². The van der Waals surface area contributed by atoms with Gasteiger partial charge in [-0.05, 0) is 24.1 Å². The smallest absolute Gasteiger partial charge is 0.237 e. The predicted octanol–water partition coefficient (Wildman–Crippen LogP) is 2.63. The van der Waals surface area contributed by atoms with Gasteiger partial charge >= 0.3 is 0 Å². The lowest BCUT2D eigenvalue weighted by Crippen LogP contribution is -2.40. The molecule has 0 bridgehead atoms. The first kappa shape index (κ1) is 20.0. The average Bonchev–Trinajstić information content (AvgIpc) is 2.45. The highest BCUT2D eigenvalue weighted by molar-refractivity contribution is 9.10. The number of nitrogens with one attached hydrogen (secondary N) is 1. The maximum Gasteiger partial charge on any atom is 0.237 e. The van der Waals surface area contributed by atoms with Gasteiger partial charge in [0.25, 0.3) is 0 Å². The van der Waals surface area contributed by atoms with Crippen LogP contribution in [0.4, 0.5) is 0 Å². The summed E-state index contributed by atoms with van der Waals surface area (Å²) in [5.41, 5.74) is 6.67. The van der Waals surface area contributed by atoms with E-state index in [9.17, 15) is 4.79 Å². The van der Waals surface area contributed by atoms with Crippen LogP contribution in [0.3, 0.4) is 0 Å². The number of hydrogen-bond acceptors (Lipinski definition) is 4. The molecule has 1 unspecified atom stereocenters. The van der Waals surface area contributed by atoms with E-state index < -0.39 is 6.04 Å². The molecule has 0 aromatic heterocycles. The van der Waals surface area contributed by atoms with E-state index in [0.29, 0.717) is 24.5 Å².